The van der Waals surface area contributed by atoms with Gasteiger partial charge in [-0.15, -0.1) is 0 Å². The smallest absolute Gasteiger partial charge is 0.318 e. The maximum absolute atomic E-state index is 13.6. The molecule has 1 atom stereocenters. The highest BCUT2D eigenvalue weighted by molar-refractivity contribution is 6.31. The average molecular weight is 469 g/mol. The summed E-state index contributed by atoms with van der Waals surface area (Å²) in [7, 11) is 0. The molecule has 2 aliphatic heterocycles. The number of aromatic nitrogens is 1. The van der Waals surface area contributed by atoms with Crippen LogP contribution in [0.5, 0.6) is 0 Å². The van der Waals surface area contributed by atoms with E-state index in [-0.39, 0.29) is 23.4 Å². The normalized spacial score (nSPS) is 19.8. The summed E-state index contributed by atoms with van der Waals surface area (Å²) in [6.45, 7) is 7.47. The first-order valence-electron chi connectivity index (χ1n) is 11.7. The summed E-state index contributed by atoms with van der Waals surface area (Å²) >= 11 is 6.45. The molecule has 0 radical (unpaired) electrons. The summed E-state index contributed by atoms with van der Waals surface area (Å²) in [5.41, 5.74) is 2.81. The standard InChI is InChI=1S/C26H30ClFN4O/c1-26(2)17-29-25(33)32(26)16-24(30-12-4-3-5-13-30)22-15-31(20-9-7-19(28)8-10-20)23-11-6-18(27)14-21(22)23/h6-11,14-15,24H,3-5,12-13,16-17H2,1-2H3,(H,29,33). The van der Waals surface area contributed by atoms with E-state index in [1.165, 1.54) is 18.6 Å². The highest BCUT2D eigenvalue weighted by atomic mass is 35.5. The molecule has 1 aromatic heterocycles. The van der Waals surface area contributed by atoms with Crippen LogP contribution in [0, 0.1) is 5.82 Å². The van der Waals surface area contributed by atoms with E-state index in [9.17, 15) is 9.18 Å². The Morgan fingerprint density at radius 1 is 1.09 bits per heavy atom. The van der Waals surface area contributed by atoms with Crippen LogP contribution in [-0.2, 0) is 0 Å². The molecule has 2 aromatic carbocycles. The second-order valence-corrected chi connectivity index (χ2v) is 10.2. The van der Waals surface area contributed by atoms with Gasteiger partial charge in [-0.1, -0.05) is 18.0 Å². The third-order valence-corrected chi connectivity index (χ3v) is 7.33. The number of carbonyl (C=O) groups is 1. The maximum Gasteiger partial charge on any atom is 0.318 e. The zero-order valence-electron chi connectivity index (χ0n) is 19.2. The summed E-state index contributed by atoms with van der Waals surface area (Å²) in [6.07, 6.45) is 5.70. The number of piperidine rings is 1. The third kappa shape index (κ3) is 4.22. The second-order valence-electron chi connectivity index (χ2n) is 9.79. The van der Waals surface area contributed by atoms with Crippen molar-refractivity contribution in [3.8, 4) is 5.69 Å². The number of likely N-dealkylation sites (tertiary alicyclic amines) is 1. The van der Waals surface area contributed by atoms with Crippen molar-refractivity contribution in [1.82, 2.24) is 19.7 Å². The first-order valence-corrected chi connectivity index (χ1v) is 12.1. The van der Waals surface area contributed by atoms with Crippen LogP contribution in [-0.4, -0.2) is 52.1 Å². The van der Waals surface area contributed by atoms with Crippen molar-refractivity contribution in [3.63, 3.8) is 0 Å². The van der Waals surface area contributed by atoms with Gasteiger partial charge in [-0.05, 0) is 87.8 Å². The van der Waals surface area contributed by atoms with Crippen LogP contribution < -0.4 is 5.32 Å². The lowest BCUT2D eigenvalue weighted by atomic mass is 9.98. The molecule has 2 fully saturated rings. The second kappa shape index (κ2) is 8.65. The molecular weight excluding hydrogens is 439 g/mol. The van der Waals surface area contributed by atoms with Crippen molar-refractivity contribution >= 4 is 28.5 Å². The number of rotatable bonds is 5. The van der Waals surface area contributed by atoms with Crippen molar-refractivity contribution in [2.75, 3.05) is 26.2 Å². The number of nitrogens with zero attached hydrogens (tertiary/aromatic N) is 3. The molecule has 2 saturated heterocycles. The number of amides is 2. The summed E-state index contributed by atoms with van der Waals surface area (Å²) in [4.78, 5) is 17.2. The number of benzene rings is 2. The fraction of sp³-hybridized carbons (Fsp3) is 0.423. The third-order valence-electron chi connectivity index (χ3n) is 7.10. The van der Waals surface area contributed by atoms with E-state index in [2.05, 4.69) is 34.8 Å². The highest BCUT2D eigenvalue weighted by Gasteiger charge is 2.40. The summed E-state index contributed by atoms with van der Waals surface area (Å²) in [6, 6.07) is 12.5. The number of hydrogen-bond donors (Lipinski definition) is 1. The van der Waals surface area contributed by atoms with Gasteiger partial charge in [0.1, 0.15) is 5.82 Å². The minimum Gasteiger partial charge on any atom is -0.336 e. The molecule has 1 unspecified atom stereocenters. The quantitative estimate of drug-likeness (QED) is 0.517. The molecule has 174 valence electrons. The van der Waals surface area contributed by atoms with E-state index in [0.717, 1.165) is 48.1 Å². The molecule has 7 heteroatoms. The van der Waals surface area contributed by atoms with E-state index in [0.29, 0.717) is 18.1 Å². The van der Waals surface area contributed by atoms with Gasteiger partial charge in [0.05, 0.1) is 17.1 Å². The summed E-state index contributed by atoms with van der Waals surface area (Å²) in [5, 5.41) is 4.76. The van der Waals surface area contributed by atoms with Gasteiger partial charge in [0, 0.05) is 35.4 Å². The molecule has 2 amide bonds. The minimum atomic E-state index is -0.257. The number of hydrogen-bond acceptors (Lipinski definition) is 2. The molecule has 2 aliphatic rings. The Labute approximate surface area is 199 Å². The van der Waals surface area contributed by atoms with Crippen molar-refractivity contribution < 1.29 is 9.18 Å². The van der Waals surface area contributed by atoms with Crippen LogP contribution >= 0.6 is 11.6 Å². The number of fused-ring (bicyclic) bond motifs is 1. The van der Waals surface area contributed by atoms with E-state index < -0.39 is 0 Å². The summed E-state index contributed by atoms with van der Waals surface area (Å²) < 4.78 is 15.7. The Bertz CT molecular complexity index is 1170. The van der Waals surface area contributed by atoms with E-state index >= 15 is 0 Å². The van der Waals surface area contributed by atoms with Gasteiger partial charge < -0.3 is 14.8 Å². The summed E-state index contributed by atoms with van der Waals surface area (Å²) in [5.74, 6) is -0.257. The average Bonchev–Trinajstić information content (AvgIpc) is 3.29. The maximum atomic E-state index is 13.6. The molecule has 0 aliphatic carbocycles. The fourth-order valence-corrected chi connectivity index (χ4v) is 5.38. The lowest BCUT2D eigenvalue weighted by molar-refractivity contribution is 0.104. The Kier molecular flexibility index (Phi) is 5.83. The SMILES string of the molecule is CC1(C)CNC(=O)N1CC(c1cn(-c2ccc(F)cc2)c2ccc(Cl)cc12)N1CCCCC1. The lowest BCUT2D eigenvalue weighted by Gasteiger charge is -2.39. The molecule has 33 heavy (non-hydrogen) atoms. The van der Waals surface area contributed by atoms with Crippen LogP contribution in [0.3, 0.4) is 0 Å². The number of urea groups is 1. The van der Waals surface area contributed by atoms with E-state index in [4.69, 9.17) is 11.6 Å². The van der Waals surface area contributed by atoms with Gasteiger partial charge in [0.2, 0.25) is 0 Å². The molecule has 0 bridgehead atoms. The van der Waals surface area contributed by atoms with Crippen LogP contribution in [0.1, 0.15) is 44.7 Å². The topological polar surface area (TPSA) is 40.5 Å². The first kappa shape index (κ1) is 22.2. The highest BCUT2D eigenvalue weighted by Crippen LogP contribution is 2.37. The number of halogens is 2. The van der Waals surface area contributed by atoms with Crippen molar-refractivity contribution in [1.29, 1.82) is 0 Å². The molecule has 0 spiro atoms. The molecule has 5 rings (SSSR count). The predicted molar refractivity (Wildman–Crippen MR) is 131 cm³/mol. The monoisotopic (exact) mass is 468 g/mol. The van der Waals surface area contributed by atoms with E-state index in [1.807, 2.05) is 23.1 Å². The van der Waals surface area contributed by atoms with E-state index in [1.54, 1.807) is 12.1 Å². The number of nitrogens with one attached hydrogen (secondary N) is 1. The molecule has 5 nitrogen and oxygen atoms in total. The van der Waals surface area contributed by atoms with Crippen LogP contribution in [0.4, 0.5) is 9.18 Å². The first-order chi connectivity index (χ1) is 15.8. The zero-order valence-corrected chi connectivity index (χ0v) is 19.9. The zero-order chi connectivity index (χ0) is 23.2. The van der Waals surface area contributed by atoms with Crippen molar-refractivity contribution in [2.45, 2.75) is 44.7 Å². The Morgan fingerprint density at radius 2 is 1.82 bits per heavy atom. The van der Waals surface area contributed by atoms with Crippen LogP contribution in [0.15, 0.2) is 48.7 Å². The minimum absolute atomic E-state index is 0.0117. The Balaban J connectivity index is 1.64. The number of carbonyl (C=O) groups excluding carboxylic acids is 1. The van der Waals surface area contributed by atoms with Crippen molar-refractivity contribution in [2.24, 2.45) is 0 Å². The van der Waals surface area contributed by atoms with Gasteiger partial charge in [-0.3, -0.25) is 4.90 Å². The van der Waals surface area contributed by atoms with Gasteiger partial charge in [-0.2, -0.15) is 0 Å². The molecule has 1 N–H and O–H groups in total. The largest absolute Gasteiger partial charge is 0.336 e. The Hall–Kier alpha value is -2.57. The van der Waals surface area contributed by atoms with Gasteiger partial charge in [0.15, 0.2) is 0 Å². The predicted octanol–water partition coefficient (Wildman–Crippen LogP) is 5.75. The van der Waals surface area contributed by atoms with Gasteiger partial charge in [-0.25, -0.2) is 9.18 Å². The molecule has 3 heterocycles. The molecule has 3 aromatic rings. The van der Waals surface area contributed by atoms with Crippen LogP contribution in [0.2, 0.25) is 5.02 Å². The Morgan fingerprint density at radius 3 is 2.48 bits per heavy atom. The van der Waals surface area contributed by atoms with Crippen molar-refractivity contribution in [3.05, 3.63) is 65.1 Å². The fourth-order valence-electron chi connectivity index (χ4n) is 5.21. The van der Waals surface area contributed by atoms with Gasteiger partial charge >= 0.3 is 6.03 Å². The van der Waals surface area contributed by atoms with Gasteiger partial charge in [0.25, 0.3) is 0 Å². The molecular formula is C26H30ClFN4O. The lowest BCUT2D eigenvalue weighted by Crippen LogP contribution is -2.48. The molecule has 0 saturated carbocycles. The van der Waals surface area contributed by atoms with Crippen LogP contribution in [0.25, 0.3) is 16.6 Å².